The standard InChI is InChI=1S/C7H14N2O3/c1-12-9-5-2-3-6(7(10)11)8-4-5/h5-6,8-9H,2-4H2,1H3,(H,10,11)/t5-,6+/m1/s1. The molecule has 1 aliphatic rings. The molecule has 12 heavy (non-hydrogen) atoms. The highest BCUT2D eigenvalue weighted by Gasteiger charge is 2.24. The molecule has 1 fully saturated rings. The molecule has 70 valence electrons. The minimum Gasteiger partial charge on any atom is -0.480 e. The molecule has 2 atom stereocenters. The van der Waals surface area contributed by atoms with Gasteiger partial charge >= 0.3 is 5.97 Å². The number of carbonyl (C=O) groups is 1. The van der Waals surface area contributed by atoms with Crippen molar-refractivity contribution in [3.05, 3.63) is 0 Å². The maximum absolute atomic E-state index is 10.5. The topological polar surface area (TPSA) is 70.6 Å². The van der Waals surface area contributed by atoms with Crippen LogP contribution in [0, 0.1) is 0 Å². The van der Waals surface area contributed by atoms with Crippen LogP contribution in [0.5, 0.6) is 0 Å². The summed E-state index contributed by atoms with van der Waals surface area (Å²) in [5.41, 5.74) is 2.79. The predicted octanol–water partition coefficient (Wildman–Crippen LogP) is -0.657. The SMILES string of the molecule is CON[C@@H]1CC[C@@H](C(=O)O)NC1. The van der Waals surface area contributed by atoms with Crippen LogP contribution < -0.4 is 10.8 Å². The highest BCUT2D eigenvalue weighted by molar-refractivity contribution is 5.73. The van der Waals surface area contributed by atoms with Crippen molar-refractivity contribution in [3.8, 4) is 0 Å². The Balaban J connectivity index is 2.25. The van der Waals surface area contributed by atoms with Gasteiger partial charge in [-0.15, -0.1) is 0 Å². The van der Waals surface area contributed by atoms with E-state index < -0.39 is 5.97 Å². The third-order valence-corrected chi connectivity index (χ3v) is 2.00. The van der Waals surface area contributed by atoms with E-state index in [9.17, 15) is 4.79 Å². The summed E-state index contributed by atoms with van der Waals surface area (Å²) in [5, 5.41) is 11.6. The molecular weight excluding hydrogens is 160 g/mol. The van der Waals surface area contributed by atoms with E-state index in [1.165, 1.54) is 0 Å². The van der Waals surface area contributed by atoms with Crippen molar-refractivity contribution in [2.75, 3.05) is 13.7 Å². The molecular formula is C7H14N2O3. The average Bonchev–Trinajstić information content (AvgIpc) is 2.06. The van der Waals surface area contributed by atoms with Crippen LogP contribution in [0.25, 0.3) is 0 Å². The Morgan fingerprint density at radius 1 is 1.67 bits per heavy atom. The molecule has 0 saturated carbocycles. The van der Waals surface area contributed by atoms with Gasteiger partial charge in [0.2, 0.25) is 0 Å². The molecule has 0 aromatic rings. The van der Waals surface area contributed by atoms with Crippen molar-refractivity contribution in [3.63, 3.8) is 0 Å². The Labute approximate surface area is 71.0 Å². The van der Waals surface area contributed by atoms with Gasteiger partial charge in [-0.2, -0.15) is 5.48 Å². The first-order valence-electron chi connectivity index (χ1n) is 3.98. The van der Waals surface area contributed by atoms with E-state index in [1.807, 2.05) is 0 Å². The molecule has 5 heteroatoms. The number of hydrogen-bond donors (Lipinski definition) is 3. The van der Waals surface area contributed by atoms with E-state index >= 15 is 0 Å². The predicted molar refractivity (Wildman–Crippen MR) is 42.6 cm³/mol. The number of nitrogens with one attached hydrogen (secondary N) is 2. The number of hydrogen-bond acceptors (Lipinski definition) is 4. The molecule has 0 aromatic carbocycles. The molecule has 5 nitrogen and oxygen atoms in total. The van der Waals surface area contributed by atoms with Crippen LogP contribution in [0.15, 0.2) is 0 Å². The lowest BCUT2D eigenvalue weighted by Crippen LogP contribution is -2.50. The summed E-state index contributed by atoms with van der Waals surface area (Å²) in [5.74, 6) is -0.772. The third-order valence-electron chi connectivity index (χ3n) is 2.00. The maximum atomic E-state index is 10.5. The van der Waals surface area contributed by atoms with Gasteiger partial charge in [0.25, 0.3) is 0 Å². The quantitative estimate of drug-likeness (QED) is 0.496. The molecule has 3 N–H and O–H groups in total. The Bertz CT molecular complexity index is 155. The number of hydroxylamine groups is 1. The van der Waals surface area contributed by atoms with Gasteiger partial charge < -0.3 is 15.3 Å². The molecule has 0 bridgehead atoms. The summed E-state index contributed by atoms with van der Waals surface area (Å²) in [6.07, 6.45) is 1.48. The highest BCUT2D eigenvalue weighted by Crippen LogP contribution is 2.07. The van der Waals surface area contributed by atoms with Gasteiger partial charge in [0.15, 0.2) is 0 Å². The van der Waals surface area contributed by atoms with Gasteiger partial charge in [0.1, 0.15) is 6.04 Å². The van der Waals surface area contributed by atoms with Crippen LogP contribution in [0.2, 0.25) is 0 Å². The minimum atomic E-state index is -0.772. The van der Waals surface area contributed by atoms with Crippen molar-refractivity contribution in [1.82, 2.24) is 10.8 Å². The number of piperidine rings is 1. The fraction of sp³-hybridized carbons (Fsp3) is 0.857. The van der Waals surface area contributed by atoms with Gasteiger partial charge in [0.05, 0.1) is 7.11 Å². The minimum absolute atomic E-state index is 0.227. The first kappa shape index (κ1) is 9.44. The van der Waals surface area contributed by atoms with Crippen LogP contribution in [0.1, 0.15) is 12.8 Å². The van der Waals surface area contributed by atoms with Gasteiger partial charge in [-0.25, -0.2) is 0 Å². The van der Waals surface area contributed by atoms with Crippen molar-refractivity contribution in [2.45, 2.75) is 24.9 Å². The zero-order valence-corrected chi connectivity index (χ0v) is 7.04. The molecule has 1 aliphatic heterocycles. The lowest BCUT2D eigenvalue weighted by atomic mass is 10.0. The van der Waals surface area contributed by atoms with Gasteiger partial charge in [-0.3, -0.25) is 4.79 Å². The number of rotatable bonds is 3. The van der Waals surface area contributed by atoms with Crippen LogP contribution in [-0.4, -0.2) is 36.8 Å². The van der Waals surface area contributed by atoms with Gasteiger partial charge in [-0.1, -0.05) is 0 Å². The molecule has 0 radical (unpaired) electrons. The number of aliphatic carboxylic acids is 1. The summed E-state index contributed by atoms with van der Waals surface area (Å²) in [4.78, 5) is 15.2. The molecule has 1 saturated heterocycles. The molecule has 0 amide bonds. The van der Waals surface area contributed by atoms with Gasteiger partial charge in [0, 0.05) is 12.6 Å². The molecule has 0 unspecified atom stereocenters. The lowest BCUT2D eigenvalue weighted by molar-refractivity contribution is -0.140. The van der Waals surface area contributed by atoms with Crippen LogP contribution in [0.4, 0.5) is 0 Å². The Kier molecular flexibility index (Phi) is 3.46. The second kappa shape index (κ2) is 4.39. The molecule has 0 aromatic heterocycles. The third kappa shape index (κ3) is 2.44. The Morgan fingerprint density at radius 2 is 2.42 bits per heavy atom. The first-order chi connectivity index (χ1) is 5.74. The second-order valence-corrected chi connectivity index (χ2v) is 2.90. The zero-order chi connectivity index (χ0) is 8.97. The zero-order valence-electron chi connectivity index (χ0n) is 7.04. The molecule has 1 rings (SSSR count). The lowest BCUT2D eigenvalue weighted by Gasteiger charge is -2.27. The van der Waals surface area contributed by atoms with E-state index in [0.717, 1.165) is 6.42 Å². The Morgan fingerprint density at radius 3 is 2.83 bits per heavy atom. The number of carboxylic acid groups (broad SMARTS) is 1. The van der Waals surface area contributed by atoms with Crippen molar-refractivity contribution >= 4 is 5.97 Å². The second-order valence-electron chi connectivity index (χ2n) is 2.90. The largest absolute Gasteiger partial charge is 0.480 e. The van der Waals surface area contributed by atoms with E-state index in [4.69, 9.17) is 9.94 Å². The van der Waals surface area contributed by atoms with E-state index in [1.54, 1.807) is 7.11 Å². The van der Waals surface area contributed by atoms with Crippen molar-refractivity contribution in [1.29, 1.82) is 0 Å². The summed E-state index contributed by atoms with van der Waals surface area (Å²) >= 11 is 0. The molecule has 1 heterocycles. The van der Waals surface area contributed by atoms with Gasteiger partial charge in [-0.05, 0) is 12.8 Å². The van der Waals surface area contributed by atoms with Crippen molar-refractivity contribution in [2.24, 2.45) is 0 Å². The van der Waals surface area contributed by atoms with E-state index in [2.05, 4.69) is 10.8 Å². The fourth-order valence-corrected chi connectivity index (χ4v) is 1.33. The average molecular weight is 174 g/mol. The summed E-state index contributed by atoms with van der Waals surface area (Å²) in [7, 11) is 1.56. The summed E-state index contributed by atoms with van der Waals surface area (Å²) in [6, 6.07) is -0.162. The van der Waals surface area contributed by atoms with E-state index in [-0.39, 0.29) is 12.1 Å². The normalized spacial score (nSPS) is 30.1. The van der Waals surface area contributed by atoms with Crippen LogP contribution in [-0.2, 0) is 9.63 Å². The first-order valence-corrected chi connectivity index (χ1v) is 3.98. The van der Waals surface area contributed by atoms with Crippen molar-refractivity contribution < 1.29 is 14.7 Å². The fourth-order valence-electron chi connectivity index (χ4n) is 1.33. The van der Waals surface area contributed by atoms with Crippen LogP contribution >= 0.6 is 0 Å². The summed E-state index contributed by atoms with van der Waals surface area (Å²) in [6.45, 7) is 0.644. The maximum Gasteiger partial charge on any atom is 0.320 e. The molecule has 0 spiro atoms. The highest BCUT2D eigenvalue weighted by atomic mass is 16.6. The van der Waals surface area contributed by atoms with Crippen LogP contribution in [0.3, 0.4) is 0 Å². The number of carboxylic acids is 1. The molecule has 0 aliphatic carbocycles. The smallest absolute Gasteiger partial charge is 0.320 e. The monoisotopic (exact) mass is 174 g/mol. The Hall–Kier alpha value is -0.650. The van der Waals surface area contributed by atoms with E-state index in [0.29, 0.717) is 13.0 Å². The summed E-state index contributed by atoms with van der Waals surface area (Å²) < 4.78 is 0.